The van der Waals surface area contributed by atoms with Gasteiger partial charge in [0.25, 0.3) is 5.91 Å². The molecule has 0 saturated heterocycles. The third-order valence-electron chi connectivity index (χ3n) is 2.18. The number of hydrogen-bond acceptors (Lipinski definition) is 3. The van der Waals surface area contributed by atoms with E-state index in [9.17, 15) is 4.79 Å². The maximum Gasteiger partial charge on any atom is 0.256 e. The van der Waals surface area contributed by atoms with Gasteiger partial charge in [-0.1, -0.05) is 0 Å². The molecular weight excluding hydrogens is 329 g/mol. The van der Waals surface area contributed by atoms with Gasteiger partial charge < -0.3 is 11.1 Å². The number of halogens is 1. The highest BCUT2D eigenvalue weighted by Crippen LogP contribution is 2.15. The molecule has 2 aromatic rings. The minimum atomic E-state index is -0.216. The van der Waals surface area contributed by atoms with E-state index in [1.165, 1.54) is 0 Å². The lowest BCUT2D eigenvalue weighted by atomic mass is 10.2. The summed E-state index contributed by atoms with van der Waals surface area (Å²) in [5.74, 6) is 0.169. The summed E-state index contributed by atoms with van der Waals surface area (Å²) in [6.07, 6.45) is 1.58. The van der Waals surface area contributed by atoms with Crippen LogP contribution in [0, 0.1) is 3.57 Å². The molecule has 86 valence electrons. The van der Waals surface area contributed by atoms with Gasteiger partial charge in [-0.2, -0.15) is 0 Å². The molecule has 0 atom stereocenters. The Balaban J connectivity index is 2.17. The molecule has 0 fully saturated rings. The SMILES string of the molecule is Nc1cccnc1NC(=O)c1ccc(I)cc1. The van der Waals surface area contributed by atoms with Gasteiger partial charge in [-0.15, -0.1) is 0 Å². The summed E-state index contributed by atoms with van der Waals surface area (Å²) in [4.78, 5) is 15.9. The number of nitrogens with zero attached hydrogens (tertiary/aromatic N) is 1. The van der Waals surface area contributed by atoms with E-state index < -0.39 is 0 Å². The second-order valence-corrected chi connectivity index (χ2v) is 4.65. The van der Waals surface area contributed by atoms with Gasteiger partial charge in [-0.3, -0.25) is 4.79 Å². The third kappa shape index (κ3) is 2.94. The Kier molecular flexibility index (Phi) is 3.58. The molecule has 3 N–H and O–H groups in total. The monoisotopic (exact) mass is 339 g/mol. The van der Waals surface area contributed by atoms with Crippen LogP contribution in [0.1, 0.15) is 10.4 Å². The summed E-state index contributed by atoms with van der Waals surface area (Å²) in [6, 6.07) is 10.7. The van der Waals surface area contributed by atoms with Crippen LogP contribution in [-0.2, 0) is 0 Å². The van der Waals surface area contributed by atoms with Crippen LogP contribution in [-0.4, -0.2) is 10.9 Å². The van der Waals surface area contributed by atoms with Crippen molar-refractivity contribution in [3.63, 3.8) is 0 Å². The predicted molar refractivity (Wildman–Crippen MR) is 75.8 cm³/mol. The first-order valence-corrected chi connectivity index (χ1v) is 6.02. The van der Waals surface area contributed by atoms with Gasteiger partial charge in [0.2, 0.25) is 0 Å². The van der Waals surface area contributed by atoms with Crippen molar-refractivity contribution in [2.75, 3.05) is 11.1 Å². The Labute approximate surface area is 112 Å². The summed E-state index contributed by atoms with van der Waals surface area (Å²) in [7, 11) is 0. The fourth-order valence-corrected chi connectivity index (χ4v) is 1.66. The number of amides is 1. The van der Waals surface area contributed by atoms with Crippen molar-refractivity contribution in [3.8, 4) is 0 Å². The van der Waals surface area contributed by atoms with Gasteiger partial charge in [0.15, 0.2) is 5.82 Å². The van der Waals surface area contributed by atoms with Crippen molar-refractivity contribution in [2.45, 2.75) is 0 Å². The molecule has 5 heteroatoms. The average Bonchev–Trinajstić information content (AvgIpc) is 2.33. The van der Waals surface area contributed by atoms with Crippen LogP contribution < -0.4 is 11.1 Å². The van der Waals surface area contributed by atoms with Crippen molar-refractivity contribution in [1.29, 1.82) is 0 Å². The van der Waals surface area contributed by atoms with E-state index in [-0.39, 0.29) is 5.91 Å². The Morgan fingerprint density at radius 2 is 1.94 bits per heavy atom. The van der Waals surface area contributed by atoms with Crippen LogP contribution in [0.25, 0.3) is 0 Å². The number of pyridine rings is 1. The molecule has 2 rings (SSSR count). The first-order chi connectivity index (χ1) is 8.16. The van der Waals surface area contributed by atoms with Gasteiger partial charge in [-0.05, 0) is 59.0 Å². The van der Waals surface area contributed by atoms with E-state index in [2.05, 4.69) is 32.9 Å². The Morgan fingerprint density at radius 1 is 1.24 bits per heavy atom. The number of carbonyl (C=O) groups is 1. The predicted octanol–water partition coefficient (Wildman–Crippen LogP) is 2.52. The number of benzene rings is 1. The molecule has 4 nitrogen and oxygen atoms in total. The Bertz CT molecular complexity index is 540. The van der Waals surface area contributed by atoms with E-state index in [1.54, 1.807) is 30.5 Å². The lowest BCUT2D eigenvalue weighted by molar-refractivity contribution is 0.102. The van der Waals surface area contributed by atoms with Crippen LogP contribution in [0.15, 0.2) is 42.6 Å². The van der Waals surface area contributed by atoms with Crippen molar-refractivity contribution in [1.82, 2.24) is 4.98 Å². The molecule has 0 aliphatic heterocycles. The lowest BCUT2D eigenvalue weighted by Crippen LogP contribution is -2.14. The fourth-order valence-electron chi connectivity index (χ4n) is 1.30. The number of hydrogen-bond donors (Lipinski definition) is 2. The van der Waals surface area contributed by atoms with E-state index >= 15 is 0 Å². The Morgan fingerprint density at radius 3 is 2.59 bits per heavy atom. The quantitative estimate of drug-likeness (QED) is 0.827. The standard InChI is InChI=1S/C12H10IN3O/c13-9-5-3-8(4-6-9)12(17)16-11-10(14)2-1-7-15-11/h1-7H,14H2,(H,15,16,17). The topological polar surface area (TPSA) is 68.0 Å². The highest BCUT2D eigenvalue weighted by Gasteiger charge is 2.08. The molecule has 1 aromatic carbocycles. The molecule has 1 aromatic heterocycles. The summed E-state index contributed by atoms with van der Waals surface area (Å²) in [5, 5.41) is 2.67. The van der Waals surface area contributed by atoms with Crippen LogP contribution in [0.4, 0.5) is 11.5 Å². The first-order valence-electron chi connectivity index (χ1n) is 4.94. The molecule has 0 aliphatic rings. The summed E-state index contributed by atoms with van der Waals surface area (Å²) in [6.45, 7) is 0. The molecule has 0 aliphatic carbocycles. The number of aromatic nitrogens is 1. The molecule has 0 saturated carbocycles. The van der Waals surface area contributed by atoms with Crippen LogP contribution in [0.3, 0.4) is 0 Å². The normalized spacial score (nSPS) is 9.94. The number of nitrogens with two attached hydrogens (primary N) is 1. The lowest BCUT2D eigenvalue weighted by Gasteiger charge is -2.06. The zero-order valence-corrected chi connectivity index (χ0v) is 11.0. The molecule has 0 spiro atoms. The number of nitrogens with one attached hydrogen (secondary N) is 1. The highest BCUT2D eigenvalue weighted by molar-refractivity contribution is 14.1. The minimum Gasteiger partial charge on any atom is -0.396 e. The van der Waals surface area contributed by atoms with E-state index in [1.807, 2.05) is 12.1 Å². The smallest absolute Gasteiger partial charge is 0.256 e. The molecule has 17 heavy (non-hydrogen) atoms. The Hall–Kier alpha value is -1.63. The number of rotatable bonds is 2. The third-order valence-corrected chi connectivity index (χ3v) is 2.90. The van der Waals surface area contributed by atoms with Crippen LogP contribution >= 0.6 is 22.6 Å². The highest BCUT2D eigenvalue weighted by atomic mass is 127. The zero-order chi connectivity index (χ0) is 12.3. The van der Waals surface area contributed by atoms with Crippen molar-refractivity contribution in [3.05, 3.63) is 51.7 Å². The second-order valence-electron chi connectivity index (χ2n) is 3.40. The maximum absolute atomic E-state index is 11.9. The van der Waals surface area contributed by atoms with Crippen molar-refractivity contribution >= 4 is 40.0 Å². The zero-order valence-electron chi connectivity index (χ0n) is 8.85. The van der Waals surface area contributed by atoms with Gasteiger partial charge in [0, 0.05) is 15.3 Å². The molecular formula is C12H10IN3O. The van der Waals surface area contributed by atoms with E-state index in [0.29, 0.717) is 17.1 Å². The van der Waals surface area contributed by atoms with E-state index in [0.717, 1.165) is 3.57 Å². The maximum atomic E-state index is 11.9. The molecule has 0 bridgehead atoms. The molecule has 0 radical (unpaired) electrons. The number of carbonyl (C=O) groups excluding carboxylic acids is 1. The fraction of sp³-hybridized carbons (Fsp3) is 0. The second kappa shape index (κ2) is 5.13. The van der Waals surface area contributed by atoms with E-state index in [4.69, 9.17) is 5.73 Å². The first kappa shape index (κ1) is 11.8. The molecule has 0 unspecified atom stereocenters. The van der Waals surface area contributed by atoms with Gasteiger partial charge in [0.1, 0.15) is 0 Å². The minimum absolute atomic E-state index is 0.216. The largest absolute Gasteiger partial charge is 0.396 e. The van der Waals surface area contributed by atoms with Crippen LogP contribution in [0.2, 0.25) is 0 Å². The van der Waals surface area contributed by atoms with Gasteiger partial charge in [0.05, 0.1) is 5.69 Å². The molecule has 1 amide bonds. The summed E-state index contributed by atoms with van der Waals surface area (Å²) < 4.78 is 1.08. The average molecular weight is 339 g/mol. The van der Waals surface area contributed by atoms with Crippen molar-refractivity contribution in [2.24, 2.45) is 0 Å². The number of nitrogen functional groups attached to an aromatic ring is 1. The van der Waals surface area contributed by atoms with Gasteiger partial charge >= 0.3 is 0 Å². The van der Waals surface area contributed by atoms with Crippen molar-refractivity contribution < 1.29 is 4.79 Å². The summed E-state index contributed by atoms with van der Waals surface area (Å²) in [5.41, 5.74) is 6.72. The van der Waals surface area contributed by atoms with Gasteiger partial charge in [-0.25, -0.2) is 4.98 Å². The van der Waals surface area contributed by atoms with Crippen LogP contribution in [0.5, 0.6) is 0 Å². The molecule has 1 heterocycles. The summed E-state index contributed by atoms with van der Waals surface area (Å²) >= 11 is 2.18. The number of anilines is 2.